The van der Waals surface area contributed by atoms with Crippen molar-refractivity contribution in [2.24, 2.45) is 0 Å². The lowest BCUT2D eigenvalue weighted by Crippen LogP contribution is -2.31. The van der Waals surface area contributed by atoms with E-state index < -0.39 is 0 Å². The van der Waals surface area contributed by atoms with E-state index in [-0.39, 0.29) is 11.8 Å². The Morgan fingerprint density at radius 3 is 2.48 bits per heavy atom. The maximum absolute atomic E-state index is 12.5. The van der Waals surface area contributed by atoms with Gasteiger partial charge in [0, 0.05) is 19.6 Å². The van der Waals surface area contributed by atoms with Gasteiger partial charge in [0.05, 0.1) is 11.4 Å². The standard InChI is InChI=1S/C16H17N3O2/c17-14-3-1-2-4-15(14)19-10-9-18(16(19)21)11-12-5-7-13(20)8-6-12/h1-8,20H,9-11,17H2. The third-order valence-electron chi connectivity index (χ3n) is 3.63. The van der Waals surface area contributed by atoms with Crippen LogP contribution in [0.5, 0.6) is 5.75 Å². The molecule has 0 saturated carbocycles. The molecule has 1 aliphatic rings. The van der Waals surface area contributed by atoms with Crippen molar-refractivity contribution in [2.75, 3.05) is 23.7 Å². The Bertz CT molecular complexity index is 655. The van der Waals surface area contributed by atoms with Crippen LogP contribution < -0.4 is 10.6 Å². The Labute approximate surface area is 123 Å². The van der Waals surface area contributed by atoms with Crippen molar-refractivity contribution in [3.05, 3.63) is 54.1 Å². The molecule has 2 aromatic rings. The molecule has 1 heterocycles. The molecule has 5 heteroatoms. The SMILES string of the molecule is Nc1ccccc1N1CCN(Cc2ccc(O)cc2)C1=O. The number of hydrogen-bond donors (Lipinski definition) is 2. The Morgan fingerprint density at radius 1 is 1.05 bits per heavy atom. The van der Waals surface area contributed by atoms with Crippen LogP contribution in [0.1, 0.15) is 5.56 Å². The van der Waals surface area contributed by atoms with Crippen LogP contribution >= 0.6 is 0 Å². The van der Waals surface area contributed by atoms with Gasteiger partial charge in [0.25, 0.3) is 0 Å². The fraction of sp³-hybridized carbons (Fsp3) is 0.188. The lowest BCUT2D eigenvalue weighted by molar-refractivity contribution is 0.219. The van der Waals surface area contributed by atoms with Crippen LogP contribution in [-0.2, 0) is 6.54 Å². The molecule has 0 radical (unpaired) electrons. The van der Waals surface area contributed by atoms with Gasteiger partial charge >= 0.3 is 6.03 Å². The van der Waals surface area contributed by atoms with Crippen molar-refractivity contribution in [1.82, 2.24) is 4.90 Å². The topological polar surface area (TPSA) is 69.8 Å². The van der Waals surface area contributed by atoms with Gasteiger partial charge < -0.3 is 15.7 Å². The van der Waals surface area contributed by atoms with Crippen molar-refractivity contribution in [3.63, 3.8) is 0 Å². The molecule has 2 aromatic carbocycles. The molecule has 3 N–H and O–H groups in total. The van der Waals surface area contributed by atoms with Crippen molar-refractivity contribution >= 4 is 17.4 Å². The third kappa shape index (κ3) is 2.63. The Kier molecular flexibility index (Phi) is 3.39. The van der Waals surface area contributed by atoms with Crippen LogP contribution in [0.4, 0.5) is 16.2 Å². The van der Waals surface area contributed by atoms with Gasteiger partial charge in [-0.1, -0.05) is 24.3 Å². The molecule has 1 aliphatic heterocycles. The van der Waals surface area contributed by atoms with Gasteiger partial charge in [-0.25, -0.2) is 4.79 Å². The highest BCUT2D eigenvalue weighted by atomic mass is 16.3. The summed E-state index contributed by atoms with van der Waals surface area (Å²) in [4.78, 5) is 16.0. The molecule has 5 nitrogen and oxygen atoms in total. The summed E-state index contributed by atoms with van der Waals surface area (Å²) in [6.07, 6.45) is 0. The maximum atomic E-state index is 12.5. The number of nitrogens with zero attached hydrogens (tertiary/aromatic N) is 2. The van der Waals surface area contributed by atoms with Crippen molar-refractivity contribution in [1.29, 1.82) is 0 Å². The normalized spacial score (nSPS) is 14.8. The summed E-state index contributed by atoms with van der Waals surface area (Å²) in [6.45, 7) is 1.82. The van der Waals surface area contributed by atoms with Crippen LogP contribution in [0.3, 0.4) is 0 Å². The minimum absolute atomic E-state index is 0.0408. The van der Waals surface area contributed by atoms with Gasteiger partial charge in [-0.3, -0.25) is 4.90 Å². The van der Waals surface area contributed by atoms with E-state index in [1.807, 2.05) is 30.3 Å². The van der Waals surface area contributed by atoms with E-state index in [2.05, 4.69) is 0 Å². The van der Waals surface area contributed by atoms with Crippen molar-refractivity contribution in [2.45, 2.75) is 6.54 Å². The molecule has 21 heavy (non-hydrogen) atoms. The summed E-state index contributed by atoms with van der Waals surface area (Å²) < 4.78 is 0. The van der Waals surface area contributed by atoms with Crippen molar-refractivity contribution in [3.8, 4) is 5.75 Å². The smallest absolute Gasteiger partial charge is 0.324 e. The number of para-hydroxylation sites is 2. The van der Waals surface area contributed by atoms with E-state index in [1.54, 1.807) is 28.0 Å². The number of benzene rings is 2. The summed E-state index contributed by atoms with van der Waals surface area (Å²) >= 11 is 0. The average Bonchev–Trinajstić information content (AvgIpc) is 2.83. The number of anilines is 2. The average molecular weight is 283 g/mol. The van der Waals surface area contributed by atoms with Gasteiger partial charge in [0.1, 0.15) is 5.75 Å². The number of nitrogens with two attached hydrogens (primary N) is 1. The van der Waals surface area contributed by atoms with Gasteiger partial charge in [-0.2, -0.15) is 0 Å². The second kappa shape index (κ2) is 5.36. The molecule has 0 spiro atoms. The molecule has 3 rings (SSSR count). The van der Waals surface area contributed by atoms with Crippen LogP contribution in [0, 0.1) is 0 Å². The predicted octanol–water partition coefficient (Wildman–Crippen LogP) is 2.42. The van der Waals surface area contributed by atoms with Crippen LogP contribution in [0.2, 0.25) is 0 Å². The summed E-state index contributed by atoms with van der Waals surface area (Å²) in [5.41, 5.74) is 8.30. The fourth-order valence-corrected chi connectivity index (χ4v) is 2.51. The van der Waals surface area contributed by atoms with E-state index in [9.17, 15) is 9.90 Å². The fourth-order valence-electron chi connectivity index (χ4n) is 2.51. The Hall–Kier alpha value is -2.69. The highest BCUT2D eigenvalue weighted by Crippen LogP contribution is 2.27. The van der Waals surface area contributed by atoms with Gasteiger partial charge in [-0.05, 0) is 29.8 Å². The van der Waals surface area contributed by atoms with E-state index in [1.165, 1.54) is 0 Å². The number of aromatic hydroxyl groups is 1. The number of phenolic OH excluding ortho intramolecular Hbond substituents is 1. The Morgan fingerprint density at radius 2 is 1.76 bits per heavy atom. The molecular weight excluding hydrogens is 266 g/mol. The summed E-state index contributed by atoms with van der Waals surface area (Å²) in [5, 5.41) is 9.29. The highest BCUT2D eigenvalue weighted by Gasteiger charge is 2.30. The molecule has 0 bridgehead atoms. The number of rotatable bonds is 3. The minimum atomic E-state index is -0.0408. The number of urea groups is 1. The summed E-state index contributed by atoms with van der Waals surface area (Å²) in [5.74, 6) is 0.227. The number of nitrogen functional groups attached to an aromatic ring is 1. The predicted molar refractivity (Wildman–Crippen MR) is 82.1 cm³/mol. The summed E-state index contributed by atoms with van der Waals surface area (Å²) in [7, 11) is 0. The first kappa shape index (κ1) is 13.3. The van der Waals surface area contributed by atoms with Gasteiger partial charge in [0.15, 0.2) is 0 Å². The van der Waals surface area contributed by atoms with E-state index in [4.69, 9.17) is 5.73 Å². The van der Waals surface area contributed by atoms with E-state index in [0.29, 0.717) is 25.3 Å². The number of hydrogen-bond acceptors (Lipinski definition) is 3. The zero-order chi connectivity index (χ0) is 14.8. The third-order valence-corrected chi connectivity index (χ3v) is 3.63. The first-order chi connectivity index (χ1) is 10.1. The largest absolute Gasteiger partial charge is 0.508 e. The van der Waals surface area contributed by atoms with Crippen LogP contribution in [-0.4, -0.2) is 29.1 Å². The van der Waals surface area contributed by atoms with Crippen molar-refractivity contribution < 1.29 is 9.90 Å². The lowest BCUT2D eigenvalue weighted by atomic mass is 10.2. The zero-order valence-corrected chi connectivity index (χ0v) is 11.6. The van der Waals surface area contributed by atoms with Gasteiger partial charge in [-0.15, -0.1) is 0 Å². The number of carbonyl (C=O) groups is 1. The van der Waals surface area contributed by atoms with E-state index >= 15 is 0 Å². The summed E-state index contributed by atoms with van der Waals surface area (Å²) in [6, 6.07) is 14.2. The molecule has 0 atom stereocenters. The monoisotopic (exact) mass is 283 g/mol. The minimum Gasteiger partial charge on any atom is -0.508 e. The second-order valence-electron chi connectivity index (χ2n) is 5.08. The maximum Gasteiger partial charge on any atom is 0.324 e. The lowest BCUT2D eigenvalue weighted by Gasteiger charge is -2.20. The second-order valence-corrected chi connectivity index (χ2v) is 5.08. The first-order valence-electron chi connectivity index (χ1n) is 6.84. The molecule has 1 fully saturated rings. The quantitative estimate of drug-likeness (QED) is 0.850. The number of carbonyl (C=O) groups excluding carboxylic acids is 1. The zero-order valence-electron chi connectivity index (χ0n) is 11.6. The number of phenols is 1. The van der Waals surface area contributed by atoms with Crippen LogP contribution in [0.15, 0.2) is 48.5 Å². The van der Waals surface area contributed by atoms with E-state index in [0.717, 1.165) is 11.3 Å². The molecule has 2 amide bonds. The number of amides is 2. The van der Waals surface area contributed by atoms with Crippen LogP contribution in [0.25, 0.3) is 0 Å². The molecule has 1 saturated heterocycles. The van der Waals surface area contributed by atoms with Gasteiger partial charge in [0.2, 0.25) is 0 Å². The molecule has 108 valence electrons. The molecule has 0 aliphatic carbocycles. The molecule has 0 aromatic heterocycles. The molecule has 0 unspecified atom stereocenters. The Balaban J connectivity index is 1.75. The first-order valence-corrected chi connectivity index (χ1v) is 6.84. The highest BCUT2D eigenvalue weighted by molar-refractivity contribution is 5.97. The molecular formula is C16H17N3O2.